The minimum Gasteiger partial charge on any atom is -0.382 e. The molecule has 5 heteroatoms. The van der Waals surface area contributed by atoms with Gasteiger partial charge in [-0.1, -0.05) is 30.3 Å². The molecule has 5 nitrogen and oxygen atoms in total. The number of carbonyl (C=O) groups excluding carboxylic acids is 1. The van der Waals surface area contributed by atoms with Crippen molar-refractivity contribution in [1.29, 1.82) is 0 Å². The van der Waals surface area contributed by atoms with Crippen molar-refractivity contribution in [3.05, 3.63) is 60.4 Å². The van der Waals surface area contributed by atoms with E-state index in [1.54, 1.807) is 12.4 Å². The minimum atomic E-state index is 0.0150. The van der Waals surface area contributed by atoms with Crippen molar-refractivity contribution in [2.75, 3.05) is 18.4 Å². The number of amides is 1. The average Bonchev–Trinajstić information content (AvgIpc) is 2.62. The molecular formula is C18H22N4O. The number of nitrogens with zero attached hydrogens (tertiary/aromatic N) is 2. The minimum absolute atomic E-state index is 0.0150. The molecule has 1 aliphatic heterocycles. The molecule has 0 aliphatic carbocycles. The lowest BCUT2D eigenvalue weighted by atomic mass is 9.91. The van der Waals surface area contributed by atoms with E-state index in [4.69, 9.17) is 5.73 Å². The Hall–Kier alpha value is -2.40. The van der Waals surface area contributed by atoms with Gasteiger partial charge in [0.25, 0.3) is 0 Å². The summed E-state index contributed by atoms with van der Waals surface area (Å²) in [4.78, 5) is 18.1. The lowest BCUT2D eigenvalue weighted by Gasteiger charge is -2.40. The molecule has 1 aromatic carbocycles. The summed E-state index contributed by atoms with van der Waals surface area (Å²) in [6, 6.07) is 14.5. The van der Waals surface area contributed by atoms with E-state index >= 15 is 0 Å². The molecule has 0 radical (unpaired) electrons. The Morgan fingerprint density at radius 3 is 2.65 bits per heavy atom. The number of hydrogen-bond acceptors (Lipinski definition) is 4. The number of piperidine rings is 1. The molecule has 1 amide bonds. The molecule has 3 N–H and O–H groups in total. The van der Waals surface area contributed by atoms with E-state index in [0.29, 0.717) is 6.04 Å². The highest BCUT2D eigenvalue weighted by Crippen LogP contribution is 2.32. The van der Waals surface area contributed by atoms with Gasteiger partial charge in [-0.25, -0.2) is 0 Å². The first-order chi connectivity index (χ1) is 11.3. The van der Waals surface area contributed by atoms with Crippen molar-refractivity contribution < 1.29 is 4.79 Å². The first-order valence-corrected chi connectivity index (χ1v) is 7.99. The third-order valence-electron chi connectivity index (χ3n) is 4.33. The van der Waals surface area contributed by atoms with Crippen LogP contribution in [-0.4, -0.2) is 34.9 Å². The molecule has 2 heterocycles. The van der Waals surface area contributed by atoms with Crippen LogP contribution < -0.4 is 11.1 Å². The third-order valence-corrected chi connectivity index (χ3v) is 4.33. The molecule has 23 heavy (non-hydrogen) atoms. The van der Waals surface area contributed by atoms with Crippen LogP contribution in [0.25, 0.3) is 0 Å². The van der Waals surface area contributed by atoms with Gasteiger partial charge in [0.2, 0.25) is 5.91 Å². The molecule has 2 aromatic rings. The fourth-order valence-electron chi connectivity index (χ4n) is 3.19. The van der Waals surface area contributed by atoms with Gasteiger partial charge < -0.3 is 16.0 Å². The summed E-state index contributed by atoms with van der Waals surface area (Å²) in [5.74, 6) is 0.0150. The molecule has 0 bridgehead atoms. The smallest absolute Gasteiger partial charge is 0.236 e. The molecule has 1 fully saturated rings. The van der Waals surface area contributed by atoms with Crippen LogP contribution in [0.15, 0.2) is 54.9 Å². The first-order valence-electron chi connectivity index (χ1n) is 7.99. The lowest BCUT2D eigenvalue weighted by molar-refractivity contribution is -0.133. The number of likely N-dealkylation sites (tertiary alicyclic amines) is 1. The average molecular weight is 310 g/mol. The Morgan fingerprint density at radius 1 is 1.22 bits per heavy atom. The second kappa shape index (κ2) is 7.24. The fourth-order valence-corrected chi connectivity index (χ4v) is 3.19. The topological polar surface area (TPSA) is 71.2 Å². The van der Waals surface area contributed by atoms with E-state index in [2.05, 4.69) is 22.4 Å². The number of aromatic nitrogens is 1. The molecule has 1 aliphatic rings. The third kappa shape index (κ3) is 3.68. The molecule has 0 spiro atoms. The van der Waals surface area contributed by atoms with Crippen LogP contribution in [0, 0.1) is 0 Å². The summed E-state index contributed by atoms with van der Waals surface area (Å²) >= 11 is 0. The molecule has 0 saturated carbocycles. The van der Waals surface area contributed by atoms with Crippen molar-refractivity contribution in [1.82, 2.24) is 9.88 Å². The number of hydrogen-bond donors (Lipinski definition) is 2. The fraction of sp³-hybridized carbons (Fsp3) is 0.333. The van der Waals surface area contributed by atoms with Crippen LogP contribution in [0.5, 0.6) is 0 Å². The maximum Gasteiger partial charge on any atom is 0.236 e. The summed E-state index contributed by atoms with van der Waals surface area (Å²) < 4.78 is 0. The van der Waals surface area contributed by atoms with Gasteiger partial charge >= 0.3 is 0 Å². The number of anilines is 1. The van der Waals surface area contributed by atoms with Gasteiger partial charge in [0.05, 0.1) is 12.6 Å². The van der Waals surface area contributed by atoms with Crippen LogP contribution in [0.1, 0.15) is 24.4 Å². The zero-order chi connectivity index (χ0) is 16.1. The van der Waals surface area contributed by atoms with Crippen molar-refractivity contribution >= 4 is 11.6 Å². The molecule has 120 valence electrons. The second-order valence-corrected chi connectivity index (χ2v) is 5.82. The van der Waals surface area contributed by atoms with E-state index in [-0.39, 0.29) is 18.5 Å². The quantitative estimate of drug-likeness (QED) is 0.908. The Kier molecular flexibility index (Phi) is 4.88. The van der Waals surface area contributed by atoms with Gasteiger partial charge in [0.15, 0.2) is 0 Å². The largest absolute Gasteiger partial charge is 0.382 e. The maximum absolute atomic E-state index is 12.2. The molecule has 3 rings (SSSR count). The highest BCUT2D eigenvalue weighted by Gasteiger charge is 2.31. The SMILES string of the molecule is NCC(=O)N1CCC(Nc2ccncc2)CC1c1ccccc1. The standard InChI is InChI=1S/C18H22N4O/c19-13-18(23)22-11-8-16(21-15-6-9-20-10-7-15)12-17(22)14-4-2-1-3-5-14/h1-7,9-10,16-17H,8,11-13,19H2,(H,20,21). The van der Waals surface area contributed by atoms with Crippen LogP contribution in [-0.2, 0) is 4.79 Å². The normalized spacial score (nSPS) is 21.0. The van der Waals surface area contributed by atoms with E-state index in [0.717, 1.165) is 30.6 Å². The Balaban J connectivity index is 1.77. The van der Waals surface area contributed by atoms with Crippen LogP contribution in [0.4, 0.5) is 5.69 Å². The molecule has 2 atom stereocenters. The highest BCUT2D eigenvalue weighted by molar-refractivity contribution is 5.78. The predicted molar refractivity (Wildman–Crippen MR) is 90.8 cm³/mol. The monoisotopic (exact) mass is 310 g/mol. The summed E-state index contributed by atoms with van der Waals surface area (Å²) in [6.07, 6.45) is 5.35. The molecule has 1 aromatic heterocycles. The molecule has 1 saturated heterocycles. The number of rotatable bonds is 4. The number of benzene rings is 1. The van der Waals surface area contributed by atoms with Gasteiger partial charge in [-0.15, -0.1) is 0 Å². The van der Waals surface area contributed by atoms with E-state index in [1.165, 1.54) is 0 Å². The lowest BCUT2D eigenvalue weighted by Crippen LogP contribution is -2.46. The van der Waals surface area contributed by atoms with Crippen molar-refractivity contribution in [2.24, 2.45) is 5.73 Å². The van der Waals surface area contributed by atoms with Gasteiger partial charge in [-0.2, -0.15) is 0 Å². The Labute approximate surface area is 136 Å². The van der Waals surface area contributed by atoms with E-state index in [1.807, 2.05) is 35.2 Å². The summed E-state index contributed by atoms with van der Waals surface area (Å²) in [6.45, 7) is 0.782. The first kappa shape index (κ1) is 15.5. The Morgan fingerprint density at radius 2 is 1.96 bits per heavy atom. The highest BCUT2D eigenvalue weighted by atomic mass is 16.2. The van der Waals surface area contributed by atoms with Crippen molar-refractivity contribution in [2.45, 2.75) is 24.9 Å². The zero-order valence-corrected chi connectivity index (χ0v) is 13.1. The van der Waals surface area contributed by atoms with Gasteiger partial charge in [0.1, 0.15) is 0 Å². The van der Waals surface area contributed by atoms with E-state index < -0.39 is 0 Å². The van der Waals surface area contributed by atoms with Gasteiger partial charge in [-0.3, -0.25) is 9.78 Å². The summed E-state index contributed by atoms with van der Waals surface area (Å²) in [5, 5.41) is 3.55. The molecule has 2 unspecified atom stereocenters. The van der Waals surface area contributed by atoms with Gasteiger partial charge in [0, 0.05) is 30.7 Å². The zero-order valence-electron chi connectivity index (χ0n) is 13.1. The number of pyridine rings is 1. The van der Waals surface area contributed by atoms with Crippen LogP contribution in [0.2, 0.25) is 0 Å². The number of nitrogens with two attached hydrogens (primary N) is 1. The number of nitrogens with one attached hydrogen (secondary N) is 1. The van der Waals surface area contributed by atoms with Crippen molar-refractivity contribution in [3.63, 3.8) is 0 Å². The van der Waals surface area contributed by atoms with Gasteiger partial charge in [-0.05, 0) is 30.5 Å². The predicted octanol–water partition coefficient (Wildman–Crippen LogP) is 2.18. The van der Waals surface area contributed by atoms with Crippen molar-refractivity contribution in [3.8, 4) is 0 Å². The van der Waals surface area contributed by atoms with Crippen LogP contribution in [0.3, 0.4) is 0 Å². The summed E-state index contributed by atoms with van der Waals surface area (Å²) in [7, 11) is 0. The number of carbonyl (C=O) groups is 1. The summed E-state index contributed by atoms with van der Waals surface area (Å²) in [5.41, 5.74) is 7.82. The van der Waals surface area contributed by atoms with E-state index in [9.17, 15) is 4.79 Å². The molecular weight excluding hydrogens is 288 g/mol. The Bertz CT molecular complexity index is 632. The maximum atomic E-state index is 12.2. The second-order valence-electron chi connectivity index (χ2n) is 5.82. The van der Waals surface area contributed by atoms with Crippen LogP contribution >= 0.6 is 0 Å².